The van der Waals surface area contributed by atoms with Crippen LogP contribution in [-0.4, -0.2) is 75.3 Å². The van der Waals surface area contributed by atoms with E-state index in [-0.39, 0.29) is 40.3 Å². The highest BCUT2D eigenvalue weighted by molar-refractivity contribution is 7.92. The van der Waals surface area contributed by atoms with Crippen molar-refractivity contribution in [2.24, 2.45) is 0 Å². The first-order chi connectivity index (χ1) is 31.0. The number of alkyl halides is 3. The summed E-state index contributed by atoms with van der Waals surface area (Å²) in [5.41, 5.74) is 6.78. The number of thiazole rings is 1. The number of aryl methyl sites for hydroxylation is 1. The number of nitrogens with zero attached hydrogens (tertiary/aromatic N) is 7. The second-order valence-electron chi connectivity index (χ2n) is 16.0. The molecule has 0 radical (unpaired) electrons. The van der Waals surface area contributed by atoms with Crippen molar-refractivity contribution < 1.29 is 49.4 Å². The molecule has 346 valence electrons. The second-order valence-corrected chi connectivity index (χ2v) is 18.7. The molecule has 0 aliphatic carbocycles. The number of morpholine rings is 1. The van der Waals surface area contributed by atoms with Crippen molar-refractivity contribution in [3.63, 3.8) is 0 Å². The van der Waals surface area contributed by atoms with Crippen molar-refractivity contribution in [3.05, 3.63) is 129 Å². The average Bonchev–Trinajstić information content (AvgIpc) is 3.83. The zero-order valence-corrected chi connectivity index (χ0v) is 37.5. The molecule has 0 saturated carbocycles. The highest BCUT2D eigenvalue weighted by Gasteiger charge is 2.34. The maximum Gasteiger partial charge on any atom is 0.416 e. The maximum atomic E-state index is 15.7. The Morgan fingerprint density at radius 2 is 1.61 bits per heavy atom. The lowest BCUT2D eigenvalue weighted by molar-refractivity contribution is -0.138. The first-order valence-electron chi connectivity index (χ1n) is 20.0. The number of nitrogens with one attached hydrogen (secondary N) is 1. The van der Waals surface area contributed by atoms with Crippen molar-refractivity contribution in [1.82, 2.24) is 29.5 Å². The predicted molar refractivity (Wildman–Crippen MR) is 236 cm³/mol. The number of fused-ring (bicyclic) bond motifs is 1. The van der Waals surface area contributed by atoms with Gasteiger partial charge in [0.15, 0.2) is 22.1 Å². The number of sulfonamides is 1. The van der Waals surface area contributed by atoms with Crippen LogP contribution in [0, 0.1) is 31.3 Å². The maximum absolute atomic E-state index is 15.7. The third-order valence-corrected chi connectivity index (χ3v) is 13.3. The number of rotatable bonds is 9. The van der Waals surface area contributed by atoms with Gasteiger partial charge in [0.25, 0.3) is 10.0 Å². The average molecular weight is 954 g/mol. The van der Waals surface area contributed by atoms with Gasteiger partial charge in [0.05, 0.1) is 51.4 Å². The molecule has 0 spiro atoms. The lowest BCUT2D eigenvalue weighted by Gasteiger charge is -2.28. The van der Waals surface area contributed by atoms with Gasteiger partial charge in [-0.2, -0.15) is 18.3 Å². The minimum absolute atomic E-state index is 0.0213. The Hall–Kier alpha value is -6.65. The molecular weight excluding hydrogens is 913 g/mol. The lowest BCUT2D eigenvalue weighted by atomic mass is 9.96. The van der Waals surface area contributed by atoms with E-state index < -0.39 is 55.8 Å². The first-order valence-corrected chi connectivity index (χ1v) is 22.3. The number of hydrogen-bond acceptors (Lipinski definition) is 12. The van der Waals surface area contributed by atoms with E-state index in [1.807, 2.05) is 30.4 Å². The van der Waals surface area contributed by atoms with Gasteiger partial charge >= 0.3 is 12.1 Å². The van der Waals surface area contributed by atoms with Gasteiger partial charge < -0.3 is 20.5 Å². The van der Waals surface area contributed by atoms with Crippen LogP contribution < -0.4 is 15.4 Å². The third-order valence-electron chi connectivity index (χ3n) is 10.4. The number of aromatic carboxylic acids is 1. The number of nitrogens with two attached hydrogens (primary N) is 1. The number of anilines is 3. The number of nitrogen functional groups attached to an aromatic ring is 1. The van der Waals surface area contributed by atoms with Crippen LogP contribution in [0.25, 0.3) is 27.5 Å². The third kappa shape index (κ3) is 9.80. The summed E-state index contributed by atoms with van der Waals surface area (Å²) >= 11 is 1.29. The summed E-state index contributed by atoms with van der Waals surface area (Å²) in [4.78, 5) is 30.5. The number of carboxylic acids is 1. The predicted octanol–water partition coefficient (Wildman–Crippen LogP) is 8.86. The summed E-state index contributed by atoms with van der Waals surface area (Å²) < 4.78 is 118. The van der Waals surface area contributed by atoms with Crippen molar-refractivity contribution in [1.29, 1.82) is 0 Å². The molecule has 0 amide bonds. The molecule has 0 unspecified atom stereocenters. The molecule has 4 aromatic heterocycles. The first kappa shape index (κ1) is 47.3. The van der Waals surface area contributed by atoms with Gasteiger partial charge in [-0.1, -0.05) is 45.0 Å². The lowest BCUT2D eigenvalue weighted by Crippen LogP contribution is -2.37. The van der Waals surface area contributed by atoms with Gasteiger partial charge in [-0.3, -0.25) is 4.72 Å². The minimum atomic E-state index is -4.78. The van der Waals surface area contributed by atoms with Crippen LogP contribution in [0.3, 0.4) is 0 Å². The molecule has 1 aliphatic heterocycles. The zero-order chi connectivity index (χ0) is 47.9. The minimum Gasteiger partial charge on any atom is -0.477 e. The van der Waals surface area contributed by atoms with Gasteiger partial charge in [-0.15, -0.1) is 11.3 Å². The van der Waals surface area contributed by atoms with E-state index in [0.29, 0.717) is 70.2 Å². The van der Waals surface area contributed by atoms with E-state index in [0.717, 1.165) is 30.3 Å². The van der Waals surface area contributed by atoms with E-state index >= 15 is 4.39 Å². The number of carboxylic acid groups (broad SMARTS) is 1. The summed E-state index contributed by atoms with van der Waals surface area (Å²) in [6.07, 6.45) is -2.83. The van der Waals surface area contributed by atoms with Crippen LogP contribution in [0.2, 0.25) is 0 Å². The molecule has 1 saturated heterocycles. The SMILES string of the molecule is CC(C)(C)c1nc(-c2cccc(NS(=O)(=O)c3c(F)cccc3F)c2F)c(-c2ccnc(N)n2)s1.Cc1nn2c(C(=O)O)cc(N3CCOCC3)nc2c1Cc1cccc(C(F)(F)F)c1C. The van der Waals surface area contributed by atoms with Crippen molar-refractivity contribution in [2.75, 3.05) is 41.7 Å². The highest BCUT2D eigenvalue weighted by atomic mass is 32.2. The quantitative estimate of drug-likeness (QED) is 0.117. The second kappa shape index (κ2) is 18.3. The largest absolute Gasteiger partial charge is 0.477 e. The van der Waals surface area contributed by atoms with E-state index in [1.165, 1.54) is 53.2 Å². The number of benzene rings is 3. The Morgan fingerprint density at radius 1 is 0.939 bits per heavy atom. The van der Waals surface area contributed by atoms with E-state index in [4.69, 9.17) is 10.5 Å². The molecule has 22 heteroatoms. The summed E-state index contributed by atoms with van der Waals surface area (Å²) in [7, 11) is -4.78. The summed E-state index contributed by atoms with van der Waals surface area (Å²) in [5, 5.41) is 14.7. The molecule has 3 aromatic carbocycles. The fourth-order valence-electron chi connectivity index (χ4n) is 7.07. The number of carbonyl (C=O) groups is 1. The van der Waals surface area contributed by atoms with Crippen LogP contribution >= 0.6 is 11.3 Å². The summed E-state index contributed by atoms with van der Waals surface area (Å²) in [5.74, 6) is -4.23. The Kier molecular flexibility index (Phi) is 13.1. The smallest absolute Gasteiger partial charge is 0.416 e. The standard InChI is InChI=1S/C23H20F3N5O2S2.C21H21F3N4O3/c1-23(2,3)21-30-18(19(34-21)16-10-11-28-22(27)29-16)12-6-4-9-15(17(12)26)31-35(32,33)20-13(24)7-5-8-14(20)25;1-12-14(4-3-5-16(12)21(22,23)24)10-15-13(2)26-28-17(20(29)30)11-18(25-19(15)28)27-6-8-31-9-7-27/h4-11,31H,1-3H3,(H2,27,28,29);3-5,11H,6-10H2,1-2H3,(H,29,30). The highest BCUT2D eigenvalue weighted by Crippen LogP contribution is 2.42. The van der Waals surface area contributed by atoms with Gasteiger partial charge in [0.2, 0.25) is 5.95 Å². The van der Waals surface area contributed by atoms with Crippen molar-refractivity contribution in [3.8, 4) is 21.8 Å². The van der Waals surface area contributed by atoms with Crippen LogP contribution in [0.1, 0.15) is 64.2 Å². The van der Waals surface area contributed by atoms with Crippen LogP contribution in [0.15, 0.2) is 77.8 Å². The van der Waals surface area contributed by atoms with Crippen LogP contribution in [0.5, 0.6) is 0 Å². The molecule has 8 rings (SSSR count). The Bertz CT molecular complexity index is 3070. The number of ether oxygens (including phenoxy) is 1. The fraction of sp³-hybridized carbons (Fsp3) is 0.273. The molecule has 0 bridgehead atoms. The number of aromatic nitrogens is 6. The van der Waals surface area contributed by atoms with E-state index in [2.05, 4.69) is 25.0 Å². The zero-order valence-electron chi connectivity index (χ0n) is 35.8. The Labute approximate surface area is 378 Å². The molecule has 1 aliphatic rings. The topological polar surface area (TPSA) is 191 Å². The van der Waals surface area contributed by atoms with Crippen LogP contribution in [0.4, 0.5) is 43.8 Å². The Morgan fingerprint density at radius 3 is 2.24 bits per heavy atom. The fourth-order valence-corrected chi connectivity index (χ4v) is 9.37. The van der Waals surface area contributed by atoms with Gasteiger partial charge in [0, 0.05) is 48.3 Å². The molecule has 0 atom stereocenters. The molecule has 1 fully saturated rings. The molecule has 14 nitrogen and oxygen atoms in total. The van der Waals surface area contributed by atoms with E-state index in [1.54, 1.807) is 19.1 Å². The number of hydrogen-bond donors (Lipinski definition) is 3. The molecule has 5 heterocycles. The van der Waals surface area contributed by atoms with Crippen molar-refractivity contribution in [2.45, 2.75) is 57.5 Å². The monoisotopic (exact) mass is 953 g/mol. The summed E-state index contributed by atoms with van der Waals surface area (Å²) in [6, 6.07) is 13.7. The Balaban J connectivity index is 0.000000198. The van der Waals surface area contributed by atoms with Gasteiger partial charge in [-0.25, -0.2) is 50.8 Å². The van der Waals surface area contributed by atoms with Gasteiger partial charge in [-0.05, 0) is 61.4 Å². The van der Waals surface area contributed by atoms with E-state index in [9.17, 15) is 40.3 Å². The van der Waals surface area contributed by atoms with Gasteiger partial charge in [0.1, 0.15) is 17.5 Å². The molecular formula is C44H41F6N9O5S2. The normalized spacial score (nSPS) is 13.4. The van der Waals surface area contributed by atoms with Crippen molar-refractivity contribution >= 4 is 50.4 Å². The number of halogens is 6. The molecule has 7 aromatic rings. The summed E-state index contributed by atoms with van der Waals surface area (Å²) in [6.45, 7) is 11.1. The molecule has 4 N–H and O–H groups in total. The van der Waals surface area contributed by atoms with Crippen LogP contribution in [-0.2, 0) is 32.8 Å². The molecule has 66 heavy (non-hydrogen) atoms.